The lowest BCUT2D eigenvalue weighted by Gasteiger charge is -2.23. The SMILES string of the molecule is Cc1cccc(NS(=O)(=O)c2cc(NC(=O)C3COCCN3)ccc2C)c1.Cl. The van der Waals surface area contributed by atoms with Crippen LogP contribution >= 0.6 is 12.4 Å². The first-order chi connectivity index (χ1) is 12.8. The highest BCUT2D eigenvalue weighted by atomic mass is 35.5. The van der Waals surface area contributed by atoms with Crippen LogP contribution in [-0.2, 0) is 19.6 Å². The molecular formula is C19H24ClN3O4S. The molecule has 7 nitrogen and oxygen atoms in total. The van der Waals surface area contributed by atoms with Crippen molar-refractivity contribution >= 4 is 39.7 Å². The third-order valence-corrected chi connectivity index (χ3v) is 5.78. The van der Waals surface area contributed by atoms with Crippen LogP contribution in [-0.4, -0.2) is 40.1 Å². The molecule has 1 aliphatic rings. The molecule has 1 heterocycles. The van der Waals surface area contributed by atoms with E-state index in [1.165, 1.54) is 6.07 Å². The molecule has 1 unspecified atom stereocenters. The molecule has 0 saturated carbocycles. The maximum absolute atomic E-state index is 12.8. The van der Waals surface area contributed by atoms with Gasteiger partial charge in [0.2, 0.25) is 5.91 Å². The number of morpholine rings is 1. The molecule has 0 bridgehead atoms. The molecule has 1 aliphatic heterocycles. The Morgan fingerprint density at radius 3 is 2.61 bits per heavy atom. The van der Waals surface area contributed by atoms with Crippen LogP contribution in [0.4, 0.5) is 11.4 Å². The molecule has 152 valence electrons. The number of benzene rings is 2. The van der Waals surface area contributed by atoms with Crippen LogP contribution in [0, 0.1) is 13.8 Å². The molecule has 1 fully saturated rings. The number of nitrogens with one attached hydrogen (secondary N) is 3. The minimum absolute atomic E-state index is 0. The Morgan fingerprint density at radius 1 is 1.14 bits per heavy atom. The number of rotatable bonds is 5. The Bertz CT molecular complexity index is 944. The van der Waals surface area contributed by atoms with Gasteiger partial charge in [-0.05, 0) is 49.2 Å². The van der Waals surface area contributed by atoms with E-state index >= 15 is 0 Å². The summed E-state index contributed by atoms with van der Waals surface area (Å²) in [6, 6.07) is 11.5. The van der Waals surface area contributed by atoms with Crippen molar-refractivity contribution in [3.8, 4) is 0 Å². The van der Waals surface area contributed by atoms with Gasteiger partial charge >= 0.3 is 0 Å². The fourth-order valence-electron chi connectivity index (χ4n) is 2.85. The average Bonchev–Trinajstić information content (AvgIpc) is 2.63. The summed E-state index contributed by atoms with van der Waals surface area (Å²) in [6.07, 6.45) is 0. The van der Waals surface area contributed by atoms with Crippen LogP contribution in [0.1, 0.15) is 11.1 Å². The number of carbonyl (C=O) groups excluding carboxylic acids is 1. The first-order valence-electron chi connectivity index (χ1n) is 8.67. The zero-order valence-electron chi connectivity index (χ0n) is 15.7. The molecule has 3 N–H and O–H groups in total. The first-order valence-corrected chi connectivity index (χ1v) is 10.2. The molecule has 1 saturated heterocycles. The van der Waals surface area contributed by atoms with E-state index in [-0.39, 0.29) is 29.8 Å². The Kier molecular flexibility index (Phi) is 7.42. The van der Waals surface area contributed by atoms with Crippen molar-refractivity contribution in [2.24, 2.45) is 0 Å². The lowest BCUT2D eigenvalue weighted by molar-refractivity contribution is -0.120. The number of hydrogen-bond acceptors (Lipinski definition) is 5. The Labute approximate surface area is 171 Å². The van der Waals surface area contributed by atoms with Gasteiger partial charge in [0.05, 0.1) is 18.1 Å². The highest BCUT2D eigenvalue weighted by Gasteiger charge is 2.23. The standard InChI is InChI=1S/C19H23N3O4S.ClH/c1-13-4-3-5-16(10-13)22-27(24,25)18-11-15(7-6-14(18)2)21-19(23)17-12-26-9-8-20-17;/h3-7,10-11,17,20,22H,8-9,12H2,1-2H3,(H,21,23);1H. The van der Waals surface area contributed by atoms with Crippen molar-refractivity contribution in [3.63, 3.8) is 0 Å². The second-order valence-electron chi connectivity index (χ2n) is 6.53. The second kappa shape index (κ2) is 9.38. The zero-order valence-corrected chi connectivity index (χ0v) is 17.3. The Hall–Kier alpha value is -2.13. The summed E-state index contributed by atoms with van der Waals surface area (Å²) in [5, 5.41) is 5.82. The summed E-state index contributed by atoms with van der Waals surface area (Å²) in [7, 11) is -3.79. The predicted molar refractivity (Wildman–Crippen MR) is 112 cm³/mol. The predicted octanol–water partition coefficient (Wildman–Crippen LogP) is 2.45. The van der Waals surface area contributed by atoms with Crippen molar-refractivity contribution in [1.82, 2.24) is 5.32 Å². The summed E-state index contributed by atoms with van der Waals surface area (Å²) in [5.41, 5.74) is 2.46. The van der Waals surface area contributed by atoms with Crippen LogP contribution in [0.3, 0.4) is 0 Å². The van der Waals surface area contributed by atoms with Gasteiger partial charge in [-0.15, -0.1) is 12.4 Å². The summed E-state index contributed by atoms with van der Waals surface area (Å²) in [4.78, 5) is 12.4. The van der Waals surface area contributed by atoms with E-state index in [9.17, 15) is 13.2 Å². The number of anilines is 2. The number of ether oxygens (including phenoxy) is 1. The van der Waals surface area contributed by atoms with Crippen LogP contribution in [0.2, 0.25) is 0 Å². The molecule has 1 atom stereocenters. The Balaban J connectivity index is 0.00000280. The number of hydrogen-bond donors (Lipinski definition) is 3. The van der Waals surface area contributed by atoms with E-state index in [0.29, 0.717) is 30.1 Å². The van der Waals surface area contributed by atoms with Gasteiger partial charge in [-0.2, -0.15) is 0 Å². The minimum atomic E-state index is -3.79. The van der Waals surface area contributed by atoms with E-state index in [2.05, 4.69) is 15.4 Å². The van der Waals surface area contributed by atoms with Crippen molar-refractivity contribution in [3.05, 3.63) is 53.6 Å². The summed E-state index contributed by atoms with van der Waals surface area (Å²) in [5.74, 6) is -0.256. The molecule has 0 radical (unpaired) electrons. The number of carbonyl (C=O) groups is 1. The number of sulfonamides is 1. The summed E-state index contributed by atoms with van der Waals surface area (Å²) >= 11 is 0. The van der Waals surface area contributed by atoms with Gasteiger partial charge < -0.3 is 15.4 Å². The van der Waals surface area contributed by atoms with Crippen LogP contribution in [0.15, 0.2) is 47.4 Å². The molecule has 28 heavy (non-hydrogen) atoms. The van der Waals surface area contributed by atoms with Crippen molar-refractivity contribution < 1.29 is 17.9 Å². The molecule has 0 aromatic heterocycles. The largest absolute Gasteiger partial charge is 0.378 e. The summed E-state index contributed by atoms with van der Waals surface area (Å²) in [6.45, 7) is 5.07. The maximum Gasteiger partial charge on any atom is 0.262 e. The molecule has 0 spiro atoms. The molecule has 2 aromatic carbocycles. The topological polar surface area (TPSA) is 96.5 Å². The smallest absolute Gasteiger partial charge is 0.262 e. The van der Waals surface area contributed by atoms with Gasteiger partial charge in [0.25, 0.3) is 10.0 Å². The molecule has 2 aromatic rings. The number of aryl methyl sites for hydroxylation is 2. The molecule has 1 amide bonds. The van der Waals surface area contributed by atoms with Gasteiger partial charge in [-0.1, -0.05) is 18.2 Å². The lowest BCUT2D eigenvalue weighted by atomic mass is 10.2. The van der Waals surface area contributed by atoms with Gasteiger partial charge in [-0.3, -0.25) is 9.52 Å². The summed E-state index contributed by atoms with van der Waals surface area (Å²) < 4.78 is 33.5. The van der Waals surface area contributed by atoms with Crippen molar-refractivity contribution in [2.45, 2.75) is 24.8 Å². The van der Waals surface area contributed by atoms with Gasteiger partial charge in [-0.25, -0.2) is 8.42 Å². The van der Waals surface area contributed by atoms with E-state index in [1.807, 2.05) is 13.0 Å². The van der Waals surface area contributed by atoms with Gasteiger partial charge in [0.15, 0.2) is 0 Å². The maximum atomic E-state index is 12.8. The molecule has 0 aliphatic carbocycles. The monoisotopic (exact) mass is 425 g/mol. The normalized spacial score (nSPS) is 16.7. The van der Waals surface area contributed by atoms with E-state index in [0.717, 1.165) is 5.56 Å². The van der Waals surface area contributed by atoms with E-state index in [1.54, 1.807) is 37.3 Å². The van der Waals surface area contributed by atoms with Gasteiger partial charge in [0.1, 0.15) is 6.04 Å². The second-order valence-corrected chi connectivity index (χ2v) is 8.18. The molecule has 9 heteroatoms. The number of amides is 1. The van der Waals surface area contributed by atoms with Crippen molar-refractivity contribution in [1.29, 1.82) is 0 Å². The third-order valence-electron chi connectivity index (χ3n) is 4.25. The molecular weight excluding hydrogens is 402 g/mol. The fourth-order valence-corrected chi connectivity index (χ4v) is 4.17. The van der Waals surface area contributed by atoms with E-state index < -0.39 is 16.1 Å². The average molecular weight is 426 g/mol. The van der Waals surface area contributed by atoms with Crippen molar-refractivity contribution in [2.75, 3.05) is 29.8 Å². The van der Waals surface area contributed by atoms with E-state index in [4.69, 9.17) is 4.74 Å². The first kappa shape index (κ1) is 22.2. The van der Waals surface area contributed by atoms with Crippen LogP contribution in [0.5, 0.6) is 0 Å². The number of halogens is 1. The zero-order chi connectivity index (χ0) is 19.4. The van der Waals surface area contributed by atoms with Crippen LogP contribution < -0.4 is 15.4 Å². The Morgan fingerprint density at radius 2 is 1.93 bits per heavy atom. The fraction of sp³-hybridized carbons (Fsp3) is 0.316. The molecule has 3 rings (SSSR count). The van der Waals surface area contributed by atoms with Crippen LogP contribution in [0.25, 0.3) is 0 Å². The highest BCUT2D eigenvalue weighted by molar-refractivity contribution is 7.92. The lowest BCUT2D eigenvalue weighted by Crippen LogP contribution is -2.48. The highest BCUT2D eigenvalue weighted by Crippen LogP contribution is 2.23. The van der Waals surface area contributed by atoms with Gasteiger partial charge in [0, 0.05) is 17.9 Å². The third kappa shape index (κ3) is 5.45. The quantitative estimate of drug-likeness (QED) is 0.683. The minimum Gasteiger partial charge on any atom is -0.378 e.